The Bertz CT molecular complexity index is 990. The number of pyridine rings is 1. The Morgan fingerprint density at radius 3 is 2.49 bits per heavy atom. The molecule has 1 atom stereocenters. The van der Waals surface area contributed by atoms with Crippen molar-refractivity contribution in [3.63, 3.8) is 0 Å². The van der Waals surface area contributed by atoms with E-state index in [1.165, 1.54) is 18.6 Å². The van der Waals surface area contributed by atoms with Crippen LogP contribution < -0.4 is 10.0 Å². The molecule has 1 aliphatic rings. The van der Waals surface area contributed by atoms with Gasteiger partial charge in [-0.2, -0.15) is 0 Å². The van der Waals surface area contributed by atoms with Crippen molar-refractivity contribution in [2.75, 3.05) is 18.4 Å². The van der Waals surface area contributed by atoms with Gasteiger partial charge in [0.2, 0.25) is 10.0 Å². The van der Waals surface area contributed by atoms with Crippen LogP contribution in [0, 0.1) is 0 Å². The van der Waals surface area contributed by atoms with Crippen molar-refractivity contribution in [3.05, 3.63) is 54.9 Å². The number of benzene rings is 1. The lowest BCUT2D eigenvalue weighted by Gasteiger charge is -2.31. The molecule has 0 spiro atoms. The zero-order valence-electron chi connectivity index (χ0n) is 19.9. The van der Waals surface area contributed by atoms with E-state index in [1.54, 1.807) is 35.7 Å². The Balaban J connectivity index is 1.41. The van der Waals surface area contributed by atoms with Crippen LogP contribution in [0.5, 0.6) is 0 Å². The molecule has 2 N–H and O–H groups in total. The lowest BCUT2D eigenvalue weighted by Crippen LogP contribution is -2.39. The molecule has 192 valence electrons. The molecule has 1 aliphatic carbocycles. The first-order chi connectivity index (χ1) is 16.9. The number of rotatable bonds is 13. The van der Waals surface area contributed by atoms with E-state index in [0.717, 1.165) is 31.4 Å². The first-order valence-electron chi connectivity index (χ1n) is 12.3. The molecule has 0 amide bonds. The fourth-order valence-electron chi connectivity index (χ4n) is 3.99. The number of nitrogens with one attached hydrogen (secondary N) is 2. The molecule has 2 aromatic rings. The van der Waals surface area contributed by atoms with Crippen LogP contribution in [0.3, 0.4) is 0 Å². The van der Waals surface area contributed by atoms with Gasteiger partial charge in [-0.25, -0.2) is 22.6 Å². The summed E-state index contributed by atoms with van der Waals surface area (Å²) < 4.78 is 41.5. The molecule has 1 aromatic carbocycles. The van der Waals surface area contributed by atoms with Crippen molar-refractivity contribution < 1.29 is 17.6 Å². The van der Waals surface area contributed by atoms with E-state index in [9.17, 15) is 12.8 Å². The van der Waals surface area contributed by atoms with Crippen molar-refractivity contribution in [2.24, 2.45) is 0 Å². The van der Waals surface area contributed by atoms with Gasteiger partial charge >= 0.3 is 0 Å². The third-order valence-corrected chi connectivity index (χ3v) is 7.69. The number of thiocarbonyl (C=S) groups is 1. The van der Waals surface area contributed by atoms with Gasteiger partial charge in [0.15, 0.2) is 5.11 Å². The van der Waals surface area contributed by atoms with Gasteiger partial charge in [-0.1, -0.05) is 37.5 Å². The zero-order valence-corrected chi connectivity index (χ0v) is 21.6. The fourth-order valence-corrected chi connectivity index (χ4v) is 5.33. The molecular formula is C25H35FN4O3S2. The molecule has 0 bridgehead atoms. The second-order valence-corrected chi connectivity index (χ2v) is 10.9. The minimum absolute atomic E-state index is 0.125. The highest BCUT2D eigenvalue weighted by Crippen LogP contribution is 2.22. The summed E-state index contributed by atoms with van der Waals surface area (Å²) in [6.45, 7) is 0.684. The van der Waals surface area contributed by atoms with Crippen LogP contribution >= 0.6 is 12.2 Å². The smallest absolute Gasteiger partial charge is 0.240 e. The molecule has 10 heteroatoms. The van der Waals surface area contributed by atoms with Crippen molar-refractivity contribution in [2.45, 2.75) is 75.0 Å². The first-order valence-corrected chi connectivity index (χ1v) is 14.2. The van der Waals surface area contributed by atoms with Crippen LogP contribution in [0.15, 0.2) is 59.8 Å². The number of hydroxylamine groups is 2. The van der Waals surface area contributed by atoms with Crippen molar-refractivity contribution >= 4 is 33.0 Å². The van der Waals surface area contributed by atoms with Crippen LogP contribution in [0.25, 0.3) is 0 Å². The molecule has 0 radical (unpaired) electrons. The fraction of sp³-hybridized carbons (Fsp3) is 0.520. The minimum Gasteiger partial charge on any atom is -0.331 e. The number of halogens is 1. The molecule has 3 rings (SSSR count). The summed E-state index contributed by atoms with van der Waals surface area (Å²) in [7, 11) is -3.56. The summed E-state index contributed by atoms with van der Waals surface area (Å²) in [5, 5.41) is 5.31. The third-order valence-electron chi connectivity index (χ3n) is 5.90. The summed E-state index contributed by atoms with van der Waals surface area (Å²) in [6, 6.07) is 11.8. The number of anilines is 1. The van der Waals surface area contributed by atoms with Gasteiger partial charge in [0.25, 0.3) is 0 Å². The maximum atomic E-state index is 14.5. The highest BCUT2D eigenvalue weighted by molar-refractivity contribution is 7.89. The van der Waals surface area contributed by atoms with E-state index in [1.807, 2.05) is 12.1 Å². The SMILES string of the molecule is O=S(=O)(NCCCC(F)CCCN(OC1CCCCC1)C(=S)Nc1ccncc1)c1ccccc1. The molecule has 7 nitrogen and oxygen atoms in total. The largest absolute Gasteiger partial charge is 0.331 e. The highest BCUT2D eigenvalue weighted by Gasteiger charge is 2.21. The number of sulfonamides is 1. The molecule has 0 saturated heterocycles. The summed E-state index contributed by atoms with van der Waals surface area (Å²) in [5.41, 5.74) is 0.823. The summed E-state index contributed by atoms with van der Waals surface area (Å²) in [5.74, 6) is 0. The normalized spacial score (nSPS) is 15.5. The molecule has 1 unspecified atom stereocenters. The van der Waals surface area contributed by atoms with Gasteiger partial charge in [0.1, 0.15) is 6.17 Å². The van der Waals surface area contributed by atoms with E-state index in [2.05, 4.69) is 15.0 Å². The average molecular weight is 523 g/mol. The maximum absolute atomic E-state index is 14.5. The molecule has 1 heterocycles. The van der Waals surface area contributed by atoms with Crippen LogP contribution in [0.4, 0.5) is 10.1 Å². The molecule has 1 saturated carbocycles. The Hall–Kier alpha value is -2.14. The van der Waals surface area contributed by atoms with E-state index in [0.29, 0.717) is 37.3 Å². The summed E-state index contributed by atoms with van der Waals surface area (Å²) in [4.78, 5) is 10.4. The molecular weight excluding hydrogens is 487 g/mol. The Morgan fingerprint density at radius 2 is 1.77 bits per heavy atom. The molecule has 1 fully saturated rings. The van der Waals surface area contributed by atoms with E-state index >= 15 is 0 Å². The van der Waals surface area contributed by atoms with Crippen LogP contribution in [-0.2, 0) is 14.9 Å². The van der Waals surface area contributed by atoms with Crippen molar-refractivity contribution in [1.29, 1.82) is 0 Å². The Labute approximate surface area is 213 Å². The van der Waals surface area contributed by atoms with Gasteiger partial charge in [0, 0.05) is 31.2 Å². The number of nitrogens with zero attached hydrogens (tertiary/aromatic N) is 2. The minimum atomic E-state index is -3.56. The van der Waals surface area contributed by atoms with Gasteiger partial charge in [-0.3, -0.25) is 9.82 Å². The van der Waals surface area contributed by atoms with E-state index in [-0.39, 0.29) is 17.5 Å². The monoisotopic (exact) mass is 522 g/mol. The Morgan fingerprint density at radius 1 is 1.09 bits per heavy atom. The van der Waals surface area contributed by atoms with Crippen LogP contribution in [0.2, 0.25) is 0 Å². The standard InChI is InChI=1S/C25H35FN4O3S2/c26-21(9-7-17-28-35(31,32)24-13-5-2-6-14-24)10-8-20-30(33-23-11-3-1-4-12-23)25(34)29-22-15-18-27-19-16-22/h2,5-6,13-16,18-19,21,23,28H,1,3-4,7-12,17,20H2,(H,27,29,34). The van der Waals surface area contributed by atoms with Gasteiger partial charge < -0.3 is 5.32 Å². The van der Waals surface area contributed by atoms with E-state index in [4.69, 9.17) is 17.1 Å². The number of hydrogen-bond acceptors (Lipinski definition) is 5. The predicted molar refractivity (Wildman–Crippen MR) is 140 cm³/mol. The van der Waals surface area contributed by atoms with Gasteiger partial charge in [-0.15, -0.1) is 0 Å². The lowest BCUT2D eigenvalue weighted by molar-refractivity contribution is -0.154. The zero-order chi connectivity index (χ0) is 24.9. The second-order valence-electron chi connectivity index (χ2n) is 8.73. The van der Waals surface area contributed by atoms with Crippen molar-refractivity contribution in [3.8, 4) is 0 Å². The highest BCUT2D eigenvalue weighted by atomic mass is 32.2. The van der Waals surface area contributed by atoms with Gasteiger partial charge in [-0.05, 0) is 75.0 Å². The topological polar surface area (TPSA) is 83.6 Å². The quantitative estimate of drug-likeness (QED) is 0.212. The molecule has 1 aromatic heterocycles. The van der Waals surface area contributed by atoms with Crippen LogP contribution in [-0.4, -0.2) is 48.9 Å². The second kappa shape index (κ2) is 14.4. The number of hydrogen-bond donors (Lipinski definition) is 2. The maximum Gasteiger partial charge on any atom is 0.240 e. The lowest BCUT2D eigenvalue weighted by atomic mass is 9.98. The average Bonchev–Trinajstić information content (AvgIpc) is 2.88. The van der Waals surface area contributed by atoms with Gasteiger partial charge in [0.05, 0.1) is 11.0 Å². The van der Waals surface area contributed by atoms with E-state index < -0.39 is 16.2 Å². The van der Waals surface area contributed by atoms with Crippen LogP contribution in [0.1, 0.15) is 57.8 Å². The Kier molecular flexibility index (Phi) is 11.3. The predicted octanol–water partition coefficient (Wildman–Crippen LogP) is 5.22. The number of aromatic nitrogens is 1. The summed E-state index contributed by atoms with van der Waals surface area (Å²) in [6.07, 6.45) is 9.63. The van der Waals surface area contributed by atoms with Crippen molar-refractivity contribution in [1.82, 2.24) is 14.8 Å². The molecule has 35 heavy (non-hydrogen) atoms. The first kappa shape index (κ1) is 27.4. The molecule has 0 aliphatic heterocycles. The number of alkyl halides is 1. The third kappa shape index (κ3) is 9.79. The summed E-state index contributed by atoms with van der Waals surface area (Å²) >= 11 is 5.58.